The second-order valence-electron chi connectivity index (χ2n) is 8.41. The minimum absolute atomic E-state index is 0.210. The van der Waals surface area contributed by atoms with Crippen molar-refractivity contribution in [1.82, 2.24) is 25.2 Å². The zero-order chi connectivity index (χ0) is 19.8. The summed E-state index contributed by atoms with van der Waals surface area (Å²) >= 11 is 0. The summed E-state index contributed by atoms with van der Waals surface area (Å²) in [4.78, 5) is 34.6. The molecule has 0 spiro atoms. The first-order chi connectivity index (χ1) is 12.7. The van der Waals surface area contributed by atoms with Crippen molar-refractivity contribution in [2.75, 3.05) is 0 Å². The van der Waals surface area contributed by atoms with Crippen molar-refractivity contribution in [1.29, 1.82) is 0 Å². The molecule has 0 saturated heterocycles. The van der Waals surface area contributed by atoms with Crippen LogP contribution >= 0.6 is 0 Å². The number of nitrogens with zero attached hydrogens (tertiary/aromatic N) is 3. The maximum Gasteiger partial charge on any atom is 0.254 e. The average Bonchev–Trinajstić information content (AvgIpc) is 2.75. The summed E-state index contributed by atoms with van der Waals surface area (Å²) in [6, 6.07) is 1.11. The fourth-order valence-electron chi connectivity index (χ4n) is 3.41. The van der Waals surface area contributed by atoms with Crippen molar-refractivity contribution in [3.8, 4) is 0 Å². The van der Waals surface area contributed by atoms with Gasteiger partial charge in [-0.3, -0.25) is 9.59 Å². The quantitative estimate of drug-likeness (QED) is 0.867. The van der Waals surface area contributed by atoms with E-state index in [1.54, 1.807) is 13.0 Å². The Morgan fingerprint density at radius 1 is 1.19 bits per heavy atom. The van der Waals surface area contributed by atoms with Gasteiger partial charge < -0.3 is 15.2 Å². The highest BCUT2D eigenvalue weighted by Gasteiger charge is 2.24. The predicted octanol–water partition coefficient (Wildman–Crippen LogP) is 2.50. The van der Waals surface area contributed by atoms with Gasteiger partial charge >= 0.3 is 0 Å². The van der Waals surface area contributed by atoms with E-state index in [2.05, 4.69) is 20.2 Å². The zero-order valence-corrected chi connectivity index (χ0v) is 16.8. The van der Waals surface area contributed by atoms with Gasteiger partial charge in [-0.25, -0.2) is 9.97 Å². The number of carbonyl (C=O) groups excluding carboxylic acids is 2. The molecule has 2 N–H and O–H groups in total. The Balaban J connectivity index is 1.90. The molecule has 7 nitrogen and oxygen atoms in total. The summed E-state index contributed by atoms with van der Waals surface area (Å²) < 4.78 is 2.14. The number of carbonyl (C=O) groups is 2. The molecule has 27 heavy (non-hydrogen) atoms. The second-order valence-corrected chi connectivity index (χ2v) is 8.41. The Hall–Kier alpha value is -2.44. The van der Waals surface area contributed by atoms with Gasteiger partial charge in [-0.2, -0.15) is 0 Å². The lowest BCUT2D eigenvalue weighted by molar-refractivity contribution is -0.124. The first kappa shape index (κ1) is 19.3. The molecule has 2 aromatic heterocycles. The molecule has 1 atom stereocenters. The number of pyridine rings is 1. The zero-order valence-electron chi connectivity index (χ0n) is 16.8. The molecular weight excluding hydrogens is 342 g/mol. The fourth-order valence-corrected chi connectivity index (χ4v) is 3.41. The molecular formula is C20H29N5O2. The van der Waals surface area contributed by atoms with E-state index >= 15 is 0 Å². The van der Waals surface area contributed by atoms with Crippen LogP contribution in [-0.2, 0) is 17.8 Å². The third-order valence-corrected chi connectivity index (χ3v) is 4.68. The van der Waals surface area contributed by atoms with Crippen molar-refractivity contribution < 1.29 is 9.59 Å². The van der Waals surface area contributed by atoms with Crippen LogP contribution in [0.15, 0.2) is 6.07 Å². The van der Waals surface area contributed by atoms with Crippen LogP contribution in [-0.4, -0.2) is 37.9 Å². The highest BCUT2D eigenvalue weighted by atomic mass is 16.2. The first-order valence-corrected chi connectivity index (χ1v) is 9.65. The summed E-state index contributed by atoms with van der Waals surface area (Å²) in [5.41, 5.74) is 2.29. The van der Waals surface area contributed by atoms with Gasteiger partial charge in [0, 0.05) is 24.2 Å². The minimum Gasteiger partial charge on any atom is -0.350 e. The molecule has 0 saturated carbocycles. The van der Waals surface area contributed by atoms with E-state index in [9.17, 15) is 9.59 Å². The van der Waals surface area contributed by atoms with Gasteiger partial charge in [0.1, 0.15) is 17.4 Å². The molecule has 1 aliphatic heterocycles. The van der Waals surface area contributed by atoms with Crippen molar-refractivity contribution in [3.63, 3.8) is 0 Å². The largest absolute Gasteiger partial charge is 0.350 e. The summed E-state index contributed by atoms with van der Waals surface area (Å²) in [6.45, 7) is 10.2. The van der Waals surface area contributed by atoms with Crippen molar-refractivity contribution in [2.24, 2.45) is 0 Å². The molecule has 2 aromatic rings. The maximum atomic E-state index is 12.9. The van der Waals surface area contributed by atoms with Crippen LogP contribution in [0, 0.1) is 6.92 Å². The van der Waals surface area contributed by atoms with Crippen molar-refractivity contribution in [2.45, 2.75) is 78.4 Å². The van der Waals surface area contributed by atoms with Crippen molar-refractivity contribution in [3.05, 3.63) is 23.1 Å². The number of imidazole rings is 1. The summed E-state index contributed by atoms with van der Waals surface area (Å²) in [5.74, 6) is 0.488. The molecule has 0 radical (unpaired) electrons. The molecule has 3 heterocycles. The van der Waals surface area contributed by atoms with Crippen LogP contribution < -0.4 is 10.6 Å². The van der Waals surface area contributed by atoms with Crippen LogP contribution in [0.2, 0.25) is 0 Å². The normalized spacial score (nSPS) is 15.7. The predicted molar refractivity (Wildman–Crippen MR) is 105 cm³/mol. The number of aromatic nitrogens is 3. The second kappa shape index (κ2) is 7.29. The standard InChI is InChI=1S/C20H29N5O2/c1-12-11-14(19(27)22-13(2)18(26)24-20(3,4)5)16-17(21-12)25-10-8-6-7-9-15(25)23-16/h11,13H,6-10H2,1-5H3,(H,22,27)(H,24,26). The lowest BCUT2D eigenvalue weighted by Crippen LogP contribution is -2.50. The molecule has 0 bridgehead atoms. The molecule has 3 rings (SSSR count). The van der Waals surface area contributed by atoms with Gasteiger partial charge in [-0.15, -0.1) is 0 Å². The number of hydrogen-bond acceptors (Lipinski definition) is 4. The number of aryl methyl sites for hydroxylation is 3. The Morgan fingerprint density at radius 3 is 2.63 bits per heavy atom. The molecule has 146 valence electrons. The van der Waals surface area contributed by atoms with E-state index in [0.717, 1.165) is 43.0 Å². The fraction of sp³-hybridized carbons (Fsp3) is 0.600. The van der Waals surface area contributed by atoms with E-state index in [-0.39, 0.29) is 17.4 Å². The van der Waals surface area contributed by atoms with E-state index < -0.39 is 6.04 Å². The molecule has 0 aromatic carbocycles. The van der Waals surface area contributed by atoms with E-state index in [4.69, 9.17) is 4.98 Å². The van der Waals surface area contributed by atoms with E-state index in [1.807, 2.05) is 27.7 Å². The van der Waals surface area contributed by atoms with Crippen LogP contribution in [0.25, 0.3) is 11.2 Å². The lowest BCUT2D eigenvalue weighted by Gasteiger charge is -2.23. The highest BCUT2D eigenvalue weighted by Crippen LogP contribution is 2.24. The van der Waals surface area contributed by atoms with E-state index in [0.29, 0.717) is 11.1 Å². The molecule has 1 aliphatic rings. The summed E-state index contributed by atoms with van der Waals surface area (Å²) in [5, 5.41) is 5.69. The number of amides is 2. The third-order valence-electron chi connectivity index (χ3n) is 4.68. The highest BCUT2D eigenvalue weighted by molar-refractivity contribution is 6.05. The van der Waals surface area contributed by atoms with Crippen molar-refractivity contribution >= 4 is 23.0 Å². The topological polar surface area (TPSA) is 88.9 Å². The Morgan fingerprint density at radius 2 is 1.93 bits per heavy atom. The summed E-state index contributed by atoms with van der Waals surface area (Å²) in [6.07, 6.45) is 4.29. The Labute approximate surface area is 159 Å². The maximum absolute atomic E-state index is 12.9. The first-order valence-electron chi connectivity index (χ1n) is 9.65. The van der Waals surface area contributed by atoms with Crippen LogP contribution in [0.4, 0.5) is 0 Å². The molecule has 7 heteroatoms. The van der Waals surface area contributed by atoms with Gasteiger partial charge in [-0.1, -0.05) is 6.42 Å². The van der Waals surface area contributed by atoms with Gasteiger partial charge in [0.05, 0.1) is 5.56 Å². The number of nitrogens with one attached hydrogen (secondary N) is 2. The average molecular weight is 371 g/mol. The van der Waals surface area contributed by atoms with Gasteiger partial charge in [0.2, 0.25) is 5.91 Å². The lowest BCUT2D eigenvalue weighted by atomic mass is 10.1. The number of hydrogen-bond donors (Lipinski definition) is 2. The third kappa shape index (κ3) is 4.28. The van der Waals surface area contributed by atoms with Crippen LogP contribution in [0.3, 0.4) is 0 Å². The Kier molecular flexibility index (Phi) is 5.22. The van der Waals surface area contributed by atoms with Gasteiger partial charge in [0.25, 0.3) is 5.91 Å². The van der Waals surface area contributed by atoms with Crippen LogP contribution in [0.5, 0.6) is 0 Å². The van der Waals surface area contributed by atoms with Gasteiger partial charge in [-0.05, 0) is 53.5 Å². The monoisotopic (exact) mass is 371 g/mol. The smallest absolute Gasteiger partial charge is 0.254 e. The van der Waals surface area contributed by atoms with Gasteiger partial charge in [0.15, 0.2) is 5.65 Å². The number of fused-ring (bicyclic) bond motifs is 3. The molecule has 1 unspecified atom stereocenters. The molecule has 0 aliphatic carbocycles. The van der Waals surface area contributed by atoms with E-state index in [1.165, 1.54) is 6.42 Å². The minimum atomic E-state index is -0.638. The number of rotatable bonds is 3. The molecule has 2 amide bonds. The SMILES string of the molecule is Cc1cc(C(=O)NC(C)C(=O)NC(C)(C)C)c2nc3n(c2n1)CCCCC3. The molecule has 0 fully saturated rings. The Bertz CT molecular complexity index is 879. The van der Waals surface area contributed by atoms with Crippen LogP contribution in [0.1, 0.15) is 68.8 Å². The summed E-state index contributed by atoms with van der Waals surface area (Å²) in [7, 11) is 0.